The van der Waals surface area contributed by atoms with Crippen LogP contribution in [0.2, 0.25) is 0 Å². The summed E-state index contributed by atoms with van der Waals surface area (Å²) < 4.78 is 10.7. The molecule has 0 N–H and O–H groups in total. The number of carbonyl (C=O) groups excluding carboxylic acids is 1. The number of para-hydroxylation sites is 1. The number of rotatable bonds is 8. The van der Waals surface area contributed by atoms with E-state index in [4.69, 9.17) is 9.47 Å². The highest BCUT2D eigenvalue weighted by molar-refractivity contribution is 5.94. The molecule has 0 aliphatic carbocycles. The average Bonchev–Trinajstić information content (AvgIpc) is 2.77. The predicted octanol–water partition coefficient (Wildman–Crippen LogP) is 4.90. The van der Waals surface area contributed by atoms with Crippen LogP contribution in [-0.4, -0.2) is 31.6 Å². The molecule has 0 saturated heterocycles. The number of ether oxygens (including phenoxy) is 2. The molecule has 0 spiro atoms. The van der Waals surface area contributed by atoms with Crippen molar-refractivity contribution in [3.8, 4) is 11.5 Å². The minimum atomic E-state index is 0.0238. The summed E-state index contributed by atoms with van der Waals surface area (Å²) in [7, 11) is 3.32. The maximum absolute atomic E-state index is 13.2. The molecule has 4 nitrogen and oxygen atoms in total. The largest absolute Gasteiger partial charge is 0.497 e. The van der Waals surface area contributed by atoms with Gasteiger partial charge >= 0.3 is 0 Å². The van der Waals surface area contributed by atoms with Gasteiger partial charge in [-0.05, 0) is 54.8 Å². The molecule has 4 heteroatoms. The monoisotopic (exact) mass is 389 g/mol. The lowest BCUT2D eigenvalue weighted by Gasteiger charge is -2.24. The van der Waals surface area contributed by atoms with E-state index in [2.05, 4.69) is 0 Å². The van der Waals surface area contributed by atoms with Crippen molar-refractivity contribution in [1.29, 1.82) is 0 Å². The molecule has 0 bridgehead atoms. The van der Waals surface area contributed by atoms with E-state index in [0.717, 1.165) is 34.6 Å². The molecular formula is C25H27NO3. The lowest BCUT2D eigenvalue weighted by Crippen LogP contribution is -2.32. The minimum Gasteiger partial charge on any atom is -0.497 e. The van der Waals surface area contributed by atoms with E-state index >= 15 is 0 Å². The minimum absolute atomic E-state index is 0.0238. The van der Waals surface area contributed by atoms with Crippen LogP contribution in [0.1, 0.15) is 27.0 Å². The lowest BCUT2D eigenvalue weighted by molar-refractivity contribution is 0.0745. The average molecular weight is 389 g/mol. The van der Waals surface area contributed by atoms with Crippen molar-refractivity contribution in [3.63, 3.8) is 0 Å². The van der Waals surface area contributed by atoms with E-state index < -0.39 is 0 Å². The van der Waals surface area contributed by atoms with Crippen LogP contribution in [0.5, 0.6) is 11.5 Å². The summed E-state index contributed by atoms with van der Waals surface area (Å²) in [6, 6.07) is 23.5. The summed E-state index contributed by atoms with van der Waals surface area (Å²) >= 11 is 0. The van der Waals surface area contributed by atoms with Crippen LogP contribution in [0.15, 0.2) is 72.8 Å². The zero-order chi connectivity index (χ0) is 20.6. The molecule has 0 atom stereocenters. The second kappa shape index (κ2) is 9.78. The van der Waals surface area contributed by atoms with Crippen LogP contribution in [0.25, 0.3) is 0 Å². The second-order valence-electron chi connectivity index (χ2n) is 7.00. The molecule has 150 valence electrons. The number of methoxy groups -OCH3 is 2. The van der Waals surface area contributed by atoms with Crippen LogP contribution < -0.4 is 9.47 Å². The van der Waals surface area contributed by atoms with Crippen molar-refractivity contribution in [2.24, 2.45) is 0 Å². The van der Waals surface area contributed by atoms with Gasteiger partial charge in [0.2, 0.25) is 0 Å². The first kappa shape index (κ1) is 20.5. The first-order valence-corrected chi connectivity index (χ1v) is 9.71. The molecule has 0 saturated carbocycles. The Morgan fingerprint density at radius 3 is 2.21 bits per heavy atom. The second-order valence-corrected chi connectivity index (χ2v) is 7.00. The van der Waals surface area contributed by atoms with Gasteiger partial charge in [-0.1, -0.05) is 48.0 Å². The highest BCUT2D eigenvalue weighted by Crippen LogP contribution is 2.20. The summed E-state index contributed by atoms with van der Waals surface area (Å²) in [4.78, 5) is 15.1. The van der Waals surface area contributed by atoms with Gasteiger partial charge in [-0.2, -0.15) is 0 Å². The van der Waals surface area contributed by atoms with E-state index in [9.17, 15) is 4.79 Å². The van der Waals surface area contributed by atoms with Crippen molar-refractivity contribution in [2.75, 3.05) is 20.8 Å². The third-order valence-corrected chi connectivity index (χ3v) is 4.96. The number of benzene rings is 3. The first-order chi connectivity index (χ1) is 14.1. The normalized spacial score (nSPS) is 10.4. The predicted molar refractivity (Wildman–Crippen MR) is 116 cm³/mol. The Hall–Kier alpha value is -3.27. The number of hydrogen-bond donors (Lipinski definition) is 0. The van der Waals surface area contributed by atoms with Gasteiger partial charge in [0.05, 0.1) is 14.2 Å². The Balaban J connectivity index is 1.81. The molecule has 0 unspecified atom stereocenters. The van der Waals surface area contributed by atoms with Gasteiger partial charge in [0.15, 0.2) is 0 Å². The molecule has 0 heterocycles. The molecule has 29 heavy (non-hydrogen) atoms. The molecule has 3 rings (SSSR count). The molecule has 0 radical (unpaired) electrons. The van der Waals surface area contributed by atoms with Gasteiger partial charge in [-0.25, -0.2) is 0 Å². The zero-order valence-electron chi connectivity index (χ0n) is 17.2. The van der Waals surface area contributed by atoms with E-state index in [1.165, 1.54) is 0 Å². The summed E-state index contributed by atoms with van der Waals surface area (Å²) in [5.41, 5.74) is 3.99. The number of carbonyl (C=O) groups is 1. The van der Waals surface area contributed by atoms with E-state index in [0.29, 0.717) is 18.7 Å². The Morgan fingerprint density at radius 1 is 0.862 bits per heavy atom. The van der Waals surface area contributed by atoms with Crippen molar-refractivity contribution in [2.45, 2.75) is 19.9 Å². The summed E-state index contributed by atoms with van der Waals surface area (Å²) in [5, 5.41) is 0. The fourth-order valence-electron chi connectivity index (χ4n) is 3.25. The Kier molecular flexibility index (Phi) is 6.90. The van der Waals surface area contributed by atoms with E-state index in [1.807, 2.05) is 84.6 Å². The first-order valence-electron chi connectivity index (χ1n) is 9.71. The number of aryl methyl sites for hydroxylation is 1. The van der Waals surface area contributed by atoms with Crippen molar-refractivity contribution in [3.05, 3.63) is 95.1 Å². The van der Waals surface area contributed by atoms with Crippen molar-refractivity contribution >= 4 is 5.91 Å². The van der Waals surface area contributed by atoms with Gasteiger partial charge in [-0.3, -0.25) is 4.79 Å². The van der Waals surface area contributed by atoms with Gasteiger partial charge < -0.3 is 14.4 Å². The van der Waals surface area contributed by atoms with Gasteiger partial charge in [-0.15, -0.1) is 0 Å². The standard InChI is InChI=1S/C25H27NO3/c1-19-8-12-22(13-9-19)25(27)26(18-20-10-14-23(28-2)15-11-20)17-16-21-6-4-5-7-24(21)29-3/h4-15H,16-18H2,1-3H3. The highest BCUT2D eigenvalue weighted by Gasteiger charge is 2.17. The highest BCUT2D eigenvalue weighted by atomic mass is 16.5. The fourth-order valence-corrected chi connectivity index (χ4v) is 3.25. The topological polar surface area (TPSA) is 38.8 Å². The quantitative estimate of drug-likeness (QED) is 0.550. The zero-order valence-corrected chi connectivity index (χ0v) is 17.2. The summed E-state index contributed by atoms with van der Waals surface area (Å²) in [6.45, 7) is 3.15. The molecule has 0 aliphatic rings. The summed E-state index contributed by atoms with van der Waals surface area (Å²) in [5.74, 6) is 1.68. The SMILES string of the molecule is COc1ccc(CN(CCc2ccccc2OC)C(=O)c2ccc(C)cc2)cc1. The van der Waals surface area contributed by atoms with Gasteiger partial charge in [0.25, 0.3) is 5.91 Å². The third kappa shape index (κ3) is 5.38. The van der Waals surface area contributed by atoms with E-state index in [1.54, 1.807) is 14.2 Å². The van der Waals surface area contributed by atoms with Crippen LogP contribution in [0, 0.1) is 6.92 Å². The molecule has 0 aliphatic heterocycles. The molecule has 3 aromatic carbocycles. The third-order valence-electron chi connectivity index (χ3n) is 4.96. The van der Waals surface area contributed by atoms with Gasteiger partial charge in [0, 0.05) is 18.7 Å². The van der Waals surface area contributed by atoms with Crippen LogP contribution in [0.4, 0.5) is 0 Å². The smallest absolute Gasteiger partial charge is 0.254 e. The molecule has 1 amide bonds. The van der Waals surface area contributed by atoms with Crippen molar-refractivity contribution < 1.29 is 14.3 Å². The number of amides is 1. The van der Waals surface area contributed by atoms with Gasteiger partial charge in [0.1, 0.15) is 11.5 Å². The molecule has 0 aromatic heterocycles. The molecule has 3 aromatic rings. The van der Waals surface area contributed by atoms with Crippen molar-refractivity contribution in [1.82, 2.24) is 4.90 Å². The molecule has 0 fully saturated rings. The van der Waals surface area contributed by atoms with Crippen LogP contribution >= 0.6 is 0 Å². The Bertz CT molecular complexity index is 933. The maximum Gasteiger partial charge on any atom is 0.254 e. The summed E-state index contributed by atoms with van der Waals surface area (Å²) in [6.07, 6.45) is 0.720. The Labute approximate surface area is 172 Å². The Morgan fingerprint density at radius 2 is 1.55 bits per heavy atom. The van der Waals surface area contributed by atoms with Crippen LogP contribution in [0.3, 0.4) is 0 Å². The van der Waals surface area contributed by atoms with Crippen LogP contribution in [-0.2, 0) is 13.0 Å². The maximum atomic E-state index is 13.2. The lowest BCUT2D eigenvalue weighted by atomic mass is 10.1. The van der Waals surface area contributed by atoms with E-state index in [-0.39, 0.29) is 5.91 Å². The molecular weight excluding hydrogens is 362 g/mol. The number of hydrogen-bond acceptors (Lipinski definition) is 3. The fraction of sp³-hybridized carbons (Fsp3) is 0.240. The number of nitrogens with zero attached hydrogens (tertiary/aromatic N) is 1.